The lowest BCUT2D eigenvalue weighted by molar-refractivity contribution is -0.246. The van der Waals surface area contributed by atoms with Crippen molar-refractivity contribution in [2.45, 2.75) is 31.7 Å². The predicted octanol–water partition coefficient (Wildman–Crippen LogP) is 3.89. The molecular weight excluding hydrogens is 419 g/mol. The third-order valence-corrected chi connectivity index (χ3v) is 5.72. The third-order valence-electron chi connectivity index (χ3n) is 5.04. The maximum atomic E-state index is 13.3. The van der Waals surface area contributed by atoms with Crippen LogP contribution < -0.4 is 16.6 Å². The number of hydrogen-bond donors (Lipinski definition) is 3. The molecule has 4 rings (SSSR count). The Hall–Kier alpha value is -2.82. The van der Waals surface area contributed by atoms with E-state index in [-0.39, 0.29) is 12.2 Å². The maximum absolute atomic E-state index is 13.3. The molecule has 0 bridgehead atoms. The lowest BCUT2D eigenvalue weighted by Crippen LogP contribution is -2.50. The molecule has 158 valence electrons. The zero-order chi connectivity index (χ0) is 21.5. The first kappa shape index (κ1) is 20.5. The number of benzene rings is 1. The number of thiophene rings is 1. The Morgan fingerprint density at radius 3 is 2.70 bits per heavy atom. The Morgan fingerprint density at radius 1 is 1.23 bits per heavy atom. The molecule has 0 radical (unpaired) electrons. The van der Waals surface area contributed by atoms with Gasteiger partial charge in [-0.05, 0) is 40.4 Å². The number of fused-ring (bicyclic) bond motifs is 1. The van der Waals surface area contributed by atoms with Crippen molar-refractivity contribution >= 4 is 22.3 Å². The molecule has 0 saturated heterocycles. The Labute approximate surface area is 173 Å². The van der Waals surface area contributed by atoms with Crippen molar-refractivity contribution in [2.75, 3.05) is 0 Å². The summed E-state index contributed by atoms with van der Waals surface area (Å²) in [4.78, 5) is 12.0. The Morgan fingerprint density at radius 2 is 2.03 bits per heavy atom. The van der Waals surface area contributed by atoms with E-state index in [4.69, 9.17) is 4.42 Å². The molecule has 10 heteroatoms. The van der Waals surface area contributed by atoms with Crippen LogP contribution in [-0.2, 0) is 6.54 Å². The second-order valence-electron chi connectivity index (χ2n) is 6.94. The van der Waals surface area contributed by atoms with Gasteiger partial charge in [-0.15, -0.1) is 5.53 Å². The first-order valence-electron chi connectivity index (χ1n) is 9.10. The summed E-state index contributed by atoms with van der Waals surface area (Å²) in [7, 11) is 0. The van der Waals surface area contributed by atoms with Crippen molar-refractivity contribution in [1.82, 2.24) is 16.0 Å². The molecular formula is C20H18F3N3O3S. The third kappa shape index (κ3) is 3.57. The molecule has 3 aromatic rings. The fourth-order valence-electron chi connectivity index (χ4n) is 3.35. The van der Waals surface area contributed by atoms with Gasteiger partial charge in [0.1, 0.15) is 5.58 Å². The molecule has 6 nitrogen and oxygen atoms in total. The van der Waals surface area contributed by atoms with E-state index >= 15 is 0 Å². The second kappa shape index (κ2) is 7.46. The number of alkyl halides is 3. The van der Waals surface area contributed by atoms with Crippen molar-refractivity contribution in [2.24, 2.45) is 0 Å². The van der Waals surface area contributed by atoms with Gasteiger partial charge in [0.2, 0.25) is 5.60 Å². The highest BCUT2D eigenvalue weighted by molar-refractivity contribution is 7.08. The van der Waals surface area contributed by atoms with Gasteiger partial charge in [-0.25, -0.2) is 4.79 Å². The standard InChI is InChI=1S/C20H18F3N3O3S/c1-2-19(28,20(21,22)23)17-10-26(25-24-17)9-12-3-4-14-15(13-5-6-30-11-13)8-18(27)29-16(14)7-12/h3-8,10-11,24-25,28H,2,9H2,1H3. The van der Waals surface area contributed by atoms with E-state index in [0.717, 1.165) is 16.5 Å². The van der Waals surface area contributed by atoms with Crippen LogP contribution in [0.5, 0.6) is 0 Å². The summed E-state index contributed by atoms with van der Waals surface area (Å²) in [6.45, 7) is 1.44. The molecule has 30 heavy (non-hydrogen) atoms. The molecule has 1 aliphatic heterocycles. The summed E-state index contributed by atoms with van der Waals surface area (Å²) in [5.41, 5.74) is 3.91. The van der Waals surface area contributed by atoms with Crippen LogP contribution in [0.4, 0.5) is 13.2 Å². The van der Waals surface area contributed by atoms with Crippen LogP contribution in [0, 0.1) is 0 Å². The van der Waals surface area contributed by atoms with Gasteiger partial charge in [-0.2, -0.15) is 24.5 Å². The van der Waals surface area contributed by atoms with Crippen molar-refractivity contribution in [3.05, 3.63) is 69.0 Å². The van der Waals surface area contributed by atoms with Gasteiger partial charge in [0.15, 0.2) is 0 Å². The van der Waals surface area contributed by atoms with Crippen molar-refractivity contribution in [3.8, 4) is 11.1 Å². The summed E-state index contributed by atoms with van der Waals surface area (Å²) < 4.78 is 45.1. The van der Waals surface area contributed by atoms with Gasteiger partial charge >= 0.3 is 11.8 Å². The number of aliphatic hydroxyl groups is 1. The van der Waals surface area contributed by atoms with E-state index in [9.17, 15) is 23.1 Å². The summed E-state index contributed by atoms with van der Waals surface area (Å²) in [6, 6.07) is 8.65. The Kier molecular flexibility index (Phi) is 5.08. The topological polar surface area (TPSA) is 77.7 Å². The van der Waals surface area contributed by atoms with E-state index in [1.807, 2.05) is 29.0 Å². The average molecular weight is 437 g/mol. The molecule has 3 N–H and O–H groups in total. The van der Waals surface area contributed by atoms with Crippen LogP contribution in [0.3, 0.4) is 0 Å². The molecule has 1 aromatic carbocycles. The summed E-state index contributed by atoms with van der Waals surface area (Å²) in [5, 5.41) is 16.1. The minimum absolute atomic E-state index is 0.177. The van der Waals surface area contributed by atoms with Gasteiger partial charge in [-0.3, -0.25) is 5.01 Å². The number of hydrogen-bond acceptors (Lipinski definition) is 7. The molecule has 0 fully saturated rings. The molecule has 0 aliphatic carbocycles. The zero-order valence-electron chi connectivity index (χ0n) is 15.8. The van der Waals surface area contributed by atoms with E-state index in [0.29, 0.717) is 11.1 Å². The van der Waals surface area contributed by atoms with Crippen LogP contribution in [0.2, 0.25) is 0 Å². The summed E-state index contributed by atoms with van der Waals surface area (Å²) >= 11 is 1.52. The fraction of sp³-hybridized carbons (Fsp3) is 0.250. The van der Waals surface area contributed by atoms with Crippen LogP contribution >= 0.6 is 11.3 Å². The number of nitrogens with one attached hydrogen (secondary N) is 2. The molecule has 0 spiro atoms. The van der Waals surface area contributed by atoms with Crippen molar-refractivity contribution in [1.29, 1.82) is 0 Å². The Bertz CT molecular complexity index is 1160. The SMILES string of the molecule is CCC(O)(C1=CN(Cc2ccc3c(-c4ccsc4)cc(=O)oc3c2)NN1)C(F)(F)F. The van der Waals surface area contributed by atoms with Crippen LogP contribution in [0.25, 0.3) is 22.1 Å². The maximum Gasteiger partial charge on any atom is 0.422 e. The molecule has 1 aliphatic rings. The van der Waals surface area contributed by atoms with Gasteiger partial charge in [0.25, 0.3) is 0 Å². The predicted molar refractivity (Wildman–Crippen MR) is 107 cm³/mol. The second-order valence-corrected chi connectivity index (χ2v) is 7.72. The fourth-order valence-corrected chi connectivity index (χ4v) is 4.01. The molecule has 0 amide bonds. The van der Waals surface area contributed by atoms with Crippen LogP contribution in [-0.4, -0.2) is 21.9 Å². The summed E-state index contributed by atoms with van der Waals surface area (Å²) in [5.74, 6) is 0. The van der Waals surface area contributed by atoms with Gasteiger partial charge in [0, 0.05) is 23.2 Å². The summed E-state index contributed by atoms with van der Waals surface area (Å²) in [6.07, 6.45) is -4.17. The highest BCUT2D eigenvalue weighted by Crippen LogP contribution is 2.38. The van der Waals surface area contributed by atoms with Gasteiger partial charge in [-0.1, -0.05) is 19.1 Å². The quantitative estimate of drug-likeness (QED) is 0.526. The highest BCUT2D eigenvalue weighted by Gasteiger charge is 2.56. The molecule has 1 atom stereocenters. The average Bonchev–Trinajstić information content (AvgIpc) is 3.38. The Balaban J connectivity index is 1.63. The minimum Gasteiger partial charge on any atom is -0.423 e. The van der Waals surface area contributed by atoms with Gasteiger partial charge < -0.3 is 14.9 Å². The molecule has 3 heterocycles. The number of nitrogens with zero attached hydrogens (tertiary/aromatic N) is 1. The smallest absolute Gasteiger partial charge is 0.422 e. The van der Waals surface area contributed by atoms with Crippen molar-refractivity contribution in [3.63, 3.8) is 0 Å². The zero-order valence-corrected chi connectivity index (χ0v) is 16.6. The lowest BCUT2D eigenvalue weighted by Gasteiger charge is -2.29. The van der Waals surface area contributed by atoms with E-state index in [2.05, 4.69) is 11.0 Å². The monoisotopic (exact) mass is 437 g/mol. The minimum atomic E-state index is -4.82. The highest BCUT2D eigenvalue weighted by atomic mass is 32.1. The van der Waals surface area contributed by atoms with Crippen molar-refractivity contribution < 1.29 is 22.7 Å². The van der Waals surface area contributed by atoms with Crippen LogP contribution in [0.1, 0.15) is 18.9 Å². The lowest BCUT2D eigenvalue weighted by atomic mass is 9.96. The molecule has 1 unspecified atom stereocenters. The van der Waals surface area contributed by atoms with Gasteiger partial charge in [0.05, 0.1) is 12.2 Å². The number of halogens is 3. The van der Waals surface area contributed by atoms with Crippen LogP contribution in [0.15, 0.2) is 62.2 Å². The molecule has 2 aromatic heterocycles. The normalized spacial score (nSPS) is 16.4. The van der Waals surface area contributed by atoms with E-state index in [1.54, 1.807) is 6.07 Å². The molecule has 0 saturated carbocycles. The number of hydrazine groups is 2. The van der Waals surface area contributed by atoms with E-state index in [1.165, 1.54) is 35.5 Å². The first-order chi connectivity index (χ1) is 14.2. The van der Waals surface area contributed by atoms with E-state index < -0.39 is 23.8 Å². The largest absolute Gasteiger partial charge is 0.423 e. The first-order valence-corrected chi connectivity index (χ1v) is 10.0. The number of rotatable bonds is 5.